The predicted octanol–water partition coefficient (Wildman–Crippen LogP) is 3.93. The summed E-state index contributed by atoms with van der Waals surface area (Å²) in [5, 5.41) is 21.2. The summed E-state index contributed by atoms with van der Waals surface area (Å²) in [6, 6.07) is 10.1. The third-order valence-corrected chi connectivity index (χ3v) is 4.36. The molecular weight excluding hydrogens is 413 g/mol. The van der Waals surface area contributed by atoms with E-state index in [1.165, 1.54) is 18.5 Å². The summed E-state index contributed by atoms with van der Waals surface area (Å²) in [7, 11) is 0. The SMILES string of the molecule is FC(F)(F)c1ccc(Nc2cccnc2-c2nnco2)cc1.N#CC[C@H]1CCNC1=O. The molecule has 4 rings (SSSR count). The first-order chi connectivity index (χ1) is 14.9. The number of carbonyl (C=O) groups is 1. The Morgan fingerprint density at radius 3 is 2.61 bits per heavy atom. The van der Waals surface area contributed by atoms with E-state index in [1.54, 1.807) is 18.3 Å². The molecule has 1 saturated heterocycles. The van der Waals surface area contributed by atoms with Crippen LogP contribution in [0.15, 0.2) is 53.4 Å². The minimum atomic E-state index is -4.36. The Hall–Kier alpha value is -3.94. The second kappa shape index (κ2) is 9.71. The van der Waals surface area contributed by atoms with Crippen molar-refractivity contribution in [3.05, 3.63) is 54.6 Å². The summed E-state index contributed by atoms with van der Waals surface area (Å²) >= 11 is 0. The van der Waals surface area contributed by atoms with Crippen LogP contribution in [0.3, 0.4) is 0 Å². The molecule has 1 aliphatic rings. The lowest BCUT2D eigenvalue weighted by atomic mass is 10.1. The molecule has 11 heteroatoms. The number of halogens is 3. The number of nitriles is 1. The average Bonchev–Trinajstić information content (AvgIpc) is 3.42. The third-order valence-electron chi connectivity index (χ3n) is 4.36. The standard InChI is InChI=1S/C14H9F3N4O.C6H8N2O/c15-14(16,17)9-3-5-10(6-4-9)20-11-2-1-7-18-12(11)13-21-19-8-22-13;7-3-1-5-2-4-8-6(5)9/h1-8,20H;5H,1-2,4H2,(H,8,9)/t;5-/m.0/s1. The number of alkyl halides is 3. The minimum absolute atomic E-state index is 0.0324. The Kier molecular flexibility index (Phi) is 6.81. The van der Waals surface area contributed by atoms with Gasteiger partial charge in [-0.2, -0.15) is 18.4 Å². The molecule has 0 aliphatic carbocycles. The molecule has 31 heavy (non-hydrogen) atoms. The number of nitrogens with one attached hydrogen (secondary N) is 2. The number of hydrogen-bond acceptors (Lipinski definition) is 7. The quantitative estimate of drug-likeness (QED) is 0.644. The smallest absolute Gasteiger partial charge is 0.416 e. The first kappa shape index (κ1) is 21.8. The van der Waals surface area contributed by atoms with Crippen LogP contribution in [0.2, 0.25) is 0 Å². The summed E-state index contributed by atoms with van der Waals surface area (Å²) < 4.78 is 42.7. The van der Waals surface area contributed by atoms with Crippen molar-refractivity contribution in [2.75, 3.05) is 11.9 Å². The summed E-state index contributed by atoms with van der Waals surface area (Å²) in [6.07, 6.45) is -0.441. The van der Waals surface area contributed by atoms with Gasteiger partial charge in [0.1, 0.15) is 0 Å². The number of aromatic nitrogens is 3. The Morgan fingerprint density at radius 1 is 1.26 bits per heavy atom. The van der Waals surface area contributed by atoms with Gasteiger partial charge in [-0.25, -0.2) is 4.98 Å². The summed E-state index contributed by atoms with van der Waals surface area (Å²) in [6.45, 7) is 0.741. The fraction of sp³-hybridized carbons (Fsp3) is 0.250. The Balaban J connectivity index is 0.000000254. The van der Waals surface area contributed by atoms with E-state index in [0.717, 1.165) is 25.1 Å². The highest BCUT2D eigenvalue weighted by molar-refractivity contribution is 5.80. The highest BCUT2D eigenvalue weighted by Crippen LogP contribution is 2.31. The molecule has 0 spiro atoms. The Bertz CT molecular complexity index is 1050. The van der Waals surface area contributed by atoms with Gasteiger partial charge in [-0.1, -0.05) is 0 Å². The lowest BCUT2D eigenvalue weighted by Crippen LogP contribution is -2.18. The van der Waals surface area contributed by atoms with Crippen molar-refractivity contribution in [1.82, 2.24) is 20.5 Å². The number of pyridine rings is 1. The van der Waals surface area contributed by atoms with Gasteiger partial charge in [0.05, 0.1) is 23.2 Å². The monoisotopic (exact) mass is 430 g/mol. The van der Waals surface area contributed by atoms with Crippen molar-refractivity contribution in [3.63, 3.8) is 0 Å². The highest BCUT2D eigenvalue weighted by Gasteiger charge is 2.30. The van der Waals surface area contributed by atoms with Crippen LogP contribution in [0.25, 0.3) is 11.6 Å². The first-order valence-corrected chi connectivity index (χ1v) is 9.19. The third kappa shape index (κ3) is 5.79. The zero-order valence-electron chi connectivity index (χ0n) is 16.1. The molecule has 8 nitrogen and oxygen atoms in total. The molecule has 0 bridgehead atoms. The van der Waals surface area contributed by atoms with E-state index in [-0.39, 0.29) is 17.7 Å². The number of benzene rings is 1. The van der Waals surface area contributed by atoms with Crippen LogP contribution in [-0.2, 0) is 11.0 Å². The number of nitrogens with zero attached hydrogens (tertiary/aromatic N) is 4. The molecule has 3 aromatic rings. The van der Waals surface area contributed by atoms with Gasteiger partial charge in [-0.15, -0.1) is 10.2 Å². The maximum atomic E-state index is 12.5. The van der Waals surface area contributed by atoms with Crippen LogP contribution in [0.5, 0.6) is 0 Å². The highest BCUT2D eigenvalue weighted by atomic mass is 19.4. The van der Waals surface area contributed by atoms with Crippen LogP contribution in [0, 0.1) is 17.2 Å². The largest absolute Gasteiger partial charge is 0.422 e. The van der Waals surface area contributed by atoms with Crippen LogP contribution in [-0.4, -0.2) is 27.6 Å². The van der Waals surface area contributed by atoms with E-state index in [2.05, 4.69) is 25.8 Å². The van der Waals surface area contributed by atoms with Crippen molar-refractivity contribution in [2.24, 2.45) is 5.92 Å². The average molecular weight is 430 g/mol. The molecule has 0 saturated carbocycles. The van der Waals surface area contributed by atoms with Gasteiger partial charge in [0.15, 0.2) is 5.69 Å². The van der Waals surface area contributed by atoms with Gasteiger partial charge >= 0.3 is 6.18 Å². The molecule has 1 atom stereocenters. The van der Waals surface area contributed by atoms with E-state index < -0.39 is 11.7 Å². The summed E-state index contributed by atoms with van der Waals surface area (Å²) in [5.41, 5.74) is 0.745. The fourth-order valence-corrected chi connectivity index (χ4v) is 2.80. The van der Waals surface area contributed by atoms with Crippen molar-refractivity contribution < 1.29 is 22.4 Å². The number of carbonyl (C=O) groups excluding carboxylic acids is 1. The number of anilines is 2. The van der Waals surface area contributed by atoms with Crippen LogP contribution in [0.4, 0.5) is 24.5 Å². The molecule has 1 amide bonds. The van der Waals surface area contributed by atoms with Crippen LogP contribution >= 0.6 is 0 Å². The zero-order chi connectivity index (χ0) is 22.3. The minimum Gasteiger partial charge on any atom is -0.422 e. The second-order valence-corrected chi connectivity index (χ2v) is 6.48. The topological polar surface area (TPSA) is 117 Å². The van der Waals surface area contributed by atoms with Crippen LogP contribution in [0.1, 0.15) is 18.4 Å². The molecule has 1 fully saturated rings. The van der Waals surface area contributed by atoms with E-state index in [4.69, 9.17) is 9.68 Å². The maximum absolute atomic E-state index is 12.5. The molecule has 1 aromatic carbocycles. The van der Waals surface area contributed by atoms with Crippen LogP contribution < -0.4 is 10.6 Å². The number of amides is 1. The maximum Gasteiger partial charge on any atom is 0.416 e. The summed E-state index contributed by atoms with van der Waals surface area (Å²) in [5.74, 6) is 0.224. The molecular formula is C20H17F3N6O2. The second-order valence-electron chi connectivity index (χ2n) is 6.48. The lowest BCUT2D eigenvalue weighted by molar-refractivity contribution is -0.137. The molecule has 0 unspecified atom stereocenters. The molecule has 3 heterocycles. The van der Waals surface area contributed by atoms with Gasteiger partial charge in [-0.05, 0) is 42.8 Å². The van der Waals surface area contributed by atoms with Gasteiger partial charge in [-0.3, -0.25) is 4.79 Å². The van der Waals surface area contributed by atoms with E-state index in [9.17, 15) is 18.0 Å². The van der Waals surface area contributed by atoms with Gasteiger partial charge in [0.25, 0.3) is 5.89 Å². The fourth-order valence-electron chi connectivity index (χ4n) is 2.80. The first-order valence-electron chi connectivity index (χ1n) is 9.19. The van der Waals surface area contributed by atoms with E-state index in [0.29, 0.717) is 23.5 Å². The zero-order valence-corrected chi connectivity index (χ0v) is 16.1. The lowest BCUT2D eigenvalue weighted by Gasteiger charge is -2.11. The molecule has 0 radical (unpaired) electrons. The summed E-state index contributed by atoms with van der Waals surface area (Å²) in [4.78, 5) is 14.8. The van der Waals surface area contributed by atoms with Crippen molar-refractivity contribution >= 4 is 17.3 Å². The Labute approximate surface area is 175 Å². The van der Waals surface area contributed by atoms with Gasteiger partial charge in [0, 0.05) is 24.8 Å². The number of hydrogen-bond donors (Lipinski definition) is 2. The Morgan fingerprint density at radius 2 is 2.03 bits per heavy atom. The predicted molar refractivity (Wildman–Crippen MR) is 104 cm³/mol. The molecule has 160 valence electrons. The van der Waals surface area contributed by atoms with Crippen molar-refractivity contribution in [3.8, 4) is 17.7 Å². The molecule has 1 aliphatic heterocycles. The van der Waals surface area contributed by atoms with E-state index in [1.807, 2.05) is 6.07 Å². The van der Waals surface area contributed by atoms with E-state index >= 15 is 0 Å². The normalized spacial score (nSPS) is 15.4. The van der Waals surface area contributed by atoms with Gasteiger partial charge < -0.3 is 15.1 Å². The van der Waals surface area contributed by atoms with Gasteiger partial charge in [0.2, 0.25) is 12.3 Å². The molecule has 2 N–H and O–H groups in total. The van der Waals surface area contributed by atoms with Crippen molar-refractivity contribution in [2.45, 2.75) is 19.0 Å². The number of rotatable bonds is 4. The van der Waals surface area contributed by atoms with Crippen molar-refractivity contribution in [1.29, 1.82) is 5.26 Å². The molecule has 2 aromatic heterocycles.